The molecule has 0 radical (unpaired) electrons. The molecule has 2 fully saturated rings. The summed E-state index contributed by atoms with van der Waals surface area (Å²) in [5.41, 5.74) is 6.93. The third kappa shape index (κ3) is 5.22. The number of methoxy groups -OCH3 is 2. The van der Waals surface area contributed by atoms with Crippen molar-refractivity contribution in [2.45, 2.75) is 38.3 Å². The molecule has 10 nitrogen and oxygen atoms in total. The number of nitrogens with two attached hydrogens (primary N) is 1. The van der Waals surface area contributed by atoms with Gasteiger partial charge in [-0.1, -0.05) is 0 Å². The highest BCUT2D eigenvalue weighted by Gasteiger charge is 2.33. The number of hydrogen-bond acceptors (Lipinski definition) is 8. The summed E-state index contributed by atoms with van der Waals surface area (Å²) in [6.45, 7) is 3.22. The minimum Gasteiger partial charge on any atom is -0.493 e. The number of likely N-dealkylation sites (tertiary alicyclic amines) is 1. The molecule has 2 aliphatic rings. The standard InChI is InChI=1S/C23H30N4O6/c1-13(24)20-19(22(28)27-9-8-16(11-27)25-23(29)31-3)26-21(33-20)15-6-7-17(30-2)18(10-15)32-12-14-4-5-14/h6-7,10,13-14,16H,4-5,8-9,11-12,24H2,1-3H3,(H,25,29)/t13-,16+/m0/s1. The smallest absolute Gasteiger partial charge is 0.407 e. The number of benzene rings is 1. The van der Waals surface area contributed by atoms with E-state index in [4.69, 9.17) is 19.6 Å². The van der Waals surface area contributed by atoms with E-state index in [9.17, 15) is 9.59 Å². The van der Waals surface area contributed by atoms with Crippen LogP contribution in [0.4, 0.5) is 4.79 Å². The van der Waals surface area contributed by atoms with Crippen molar-refractivity contribution in [2.75, 3.05) is 33.9 Å². The first-order chi connectivity index (χ1) is 15.9. The van der Waals surface area contributed by atoms with Gasteiger partial charge in [-0.05, 0) is 50.3 Å². The summed E-state index contributed by atoms with van der Waals surface area (Å²) in [6, 6.07) is 4.69. The number of ether oxygens (including phenoxy) is 3. The Labute approximate surface area is 192 Å². The van der Waals surface area contributed by atoms with Crippen molar-refractivity contribution in [1.82, 2.24) is 15.2 Å². The summed E-state index contributed by atoms with van der Waals surface area (Å²) in [5, 5.41) is 2.73. The van der Waals surface area contributed by atoms with E-state index in [1.54, 1.807) is 37.1 Å². The largest absolute Gasteiger partial charge is 0.493 e. The van der Waals surface area contributed by atoms with Gasteiger partial charge in [0, 0.05) is 18.7 Å². The topological polar surface area (TPSA) is 129 Å². The Morgan fingerprint density at radius 2 is 2.06 bits per heavy atom. The minimum atomic E-state index is -0.527. The number of amides is 2. The molecule has 1 aliphatic heterocycles. The van der Waals surface area contributed by atoms with Gasteiger partial charge in [0.15, 0.2) is 23.0 Å². The van der Waals surface area contributed by atoms with Gasteiger partial charge in [0.25, 0.3) is 5.91 Å². The van der Waals surface area contributed by atoms with E-state index in [0.717, 1.165) is 0 Å². The maximum Gasteiger partial charge on any atom is 0.407 e. The zero-order valence-electron chi connectivity index (χ0n) is 19.1. The molecular formula is C23H30N4O6. The molecule has 0 spiro atoms. The molecule has 1 aliphatic carbocycles. The first-order valence-corrected chi connectivity index (χ1v) is 11.1. The van der Waals surface area contributed by atoms with Crippen molar-refractivity contribution in [2.24, 2.45) is 11.7 Å². The highest BCUT2D eigenvalue weighted by atomic mass is 16.5. The molecular weight excluding hydrogens is 428 g/mol. The molecule has 33 heavy (non-hydrogen) atoms. The first-order valence-electron chi connectivity index (χ1n) is 11.1. The Balaban J connectivity index is 1.56. The molecule has 0 unspecified atom stereocenters. The van der Waals surface area contributed by atoms with Crippen LogP contribution in [0, 0.1) is 5.92 Å². The molecule has 1 saturated heterocycles. The van der Waals surface area contributed by atoms with Crippen LogP contribution < -0.4 is 20.5 Å². The van der Waals surface area contributed by atoms with Crippen LogP contribution in [0.25, 0.3) is 11.5 Å². The molecule has 1 aromatic heterocycles. The summed E-state index contributed by atoms with van der Waals surface area (Å²) in [7, 11) is 2.90. The van der Waals surface area contributed by atoms with E-state index in [2.05, 4.69) is 15.0 Å². The number of oxazole rings is 1. The normalized spacial score (nSPS) is 18.7. The van der Waals surface area contributed by atoms with E-state index < -0.39 is 12.1 Å². The predicted octanol–water partition coefficient (Wildman–Crippen LogP) is 2.73. The van der Waals surface area contributed by atoms with Gasteiger partial charge in [0.1, 0.15) is 0 Å². The van der Waals surface area contributed by atoms with Gasteiger partial charge in [-0.2, -0.15) is 0 Å². The third-order valence-corrected chi connectivity index (χ3v) is 5.83. The summed E-state index contributed by atoms with van der Waals surface area (Å²) in [5.74, 6) is 2.13. The fourth-order valence-electron chi connectivity index (χ4n) is 3.77. The Bertz CT molecular complexity index is 1020. The summed E-state index contributed by atoms with van der Waals surface area (Å²) >= 11 is 0. The lowest BCUT2D eigenvalue weighted by Gasteiger charge is -2.16. The van der Waals surface area contributed by atoms with Gasteiger partial charge < -0.3 is 34.6 Å². The molecule has 2 heterocycles. The van der Waals surface area contributed by atoms with E-state index >= 15 is 0 Å². The van der Waals surface area contributed by atoms with E-state index in [1.807, 2.05) is 0 Å². The Hall–Kier alpha value is -3.27. The summed E-state index contributed by atoms with van der Waals surface area (Å²) in [6.07, 6.45) is 2.46. The van der Waals surface area contributed by atoms with Gasteiger partial charge in [-0.25, -0.2) is 9.78 Å². The number of alkyl carbamates (subject to hydrolysis) is 1. The SMILES string of the molecule is COC(=O)N[C@@H]1CCN(C(=O)c2nc(-c3ccc(OC)c(OCC4CC4)c3)oc2[C@H](C)N)C1. The van der Waals surface area contributed by atoms with Gasteiger partial charge >= 0.3 is 6.09 Å². The lowest BCUT2D eigenvalue weighted by molar-refractivity contribution is 0.0780. The highest BCUT2D eigenvalue weighted by molar-refractivity contribution is 5.94. The van der Waals surface area contributed by atoms with Crippen molar-refractivity contribution < 1.29 is 28.2 Å². The van der Waals surface area contributed by atoms with Gasteiger partial charge in [-0.3, -0.25) is 4.79 Å². The van der Waals surface area contributed by atoms with Crippen LogP contribution in [0.2, 0.25) is 0 Å². The van der Waals surface area contributed by atoms with E-state index in [0.29, 0.717) is 54.9 Å². The number of hydrogen-bond donors (Lipinski definition) is 2. The second-order valence-corrected chi connectivity index (χ2v) is 8.51. The van der Waals surface area contributed by atoms with E-state index in [1.165, 1.54) is 20.0 Å². The van der Waals surface area contributed by atoms with Crippen LogP contribution in [0.3, 0.4) is 0 Å². The Morgan fingerprint density at radius 3 is 2.73 bits per heavy atom. The molecule has 178 valence electrons. The molecule has 4 rings (SSSR count). The molecule has 10 heteroatoms. The summed E-state index contributed by atoms with van der Waals surface area (Å²) in [4.78, 5) is 30.8. The second-order valence-electron chi connectivity index (χ2n) is 8.51. The van der Waals surface area contributed by atoms with Crippen molar-refractivity contribution in [3.63, 3.8) is 0 Å². The average molecular weight is 459 g/mol. The van der Waals surface area contributed by atoms with Crippen molar-refractivity contribution in [3.8, 4) is 23.0 Å². The van der Waals surface area contributed by atoms with Crippen molar-refractivity contribution >= 4 is 12.0 Å². The number of nitrogens with one attached hydrogen (secondary N) is 1. The molecule has 1 aromatic carbocycles. The van der Waals surface area contributed by atoms with Crippen LogP contribution in [0.5, 0.6) is 11.5 Å². The zero-order chi connectivity index (χ0) is 23.5. The van der Waals surface area contributed by atoms with Gasteiger partial charge in [0.05, 0.1) is 32.9 Å². The fourth-order valence-corrected chi connectivity index (χ4v) is 3.77. The first kappa shape index (κ1) is 22.9. The number of nitrogens with zero attached hydrogens (tertiary/aromatic N) is 2. The quantitative estimate of drug-likeness (QED) is 0.618. The Morgan fingerprint density at radius 1 is 1.27 bits per heavy atom. The fraction of sp³-hybridized carbons (Fsp3) is 0.522. The van der Waals surface area contributed by atoms with Gasteiger partial charge in [0.2, 0.25) is 5.89 Å². The molecule has 2 atom stereocenters. The lowest BCUT2D eigenvalue weighted by atomic mass is 10.2. The number of carbonyl (C=O) groups is 2. The van der Waals surface area contributed by atoms with Crippen LogP contribution >= 0.6 is 0 Å². The monoisotopic (exact) mass is 458 g/mol. The summed E-state index contributed by atoms with van der Waals surface area (Å²) < 4.78 is 21.9. The molecule has 3 N–H and O–H groups in total. The van der Waals surface area contributed by atoms with Crippen molar-refractivity contribution in [3.05, 3.63) is 29.7 Å². The van der Waals surface area contributed by atoms with Crippen molar-refractivity contribution in [1.29, 1.82) is 0 Å². The molecule has 1 saturated carbocycles. The molecule has 0 bridgehead atoms. The zero-order valence-corrected chi connectivity index (χ0v) is 19.1. The minimum absolute atomic E-state index is 0.176. The van der Waals surface area contributed by atoms with Crippen LogP contribution in [-0.2, 0) is 4.74 Å². The second kappa shape index (κ2) is 9.70. The predicted molar refractivity (Wildman–Crippen MR) is 119 cm³/mol. The third-order valence-electron chi connectivity index (χ3n) is 5.83. The number of aromatic nitrogens is 1. The highest BCUT2D eigenvalue weighted by Crippen LogP contribution is 2.36. The maximum absolute atomic E-state index is 13.2. The molecule has 2 aromatic rings. The maximum atomic E-state index is 13.2. The van der Waals surface area contributed by atoms with E-state index in [-0.39, 0.29) is 23.5 Å². The number of rotatable bonds is 8. The van der Waals surface area contributed by atoms with Crippen LogP contribution in [0.1, 0.15) is 48.5 Å². The average Bonchev–Trinajstić information content (AvgIpc) is 3.34. The van der Waals surface area contributed by atoms with Crippen LogP contribution in [0.15, 0.2) is 22.6 Å². The van der Waals surface area contributed by atoms with Gasteiger partial charge in [-0.15, -0.1) is 0 Å². The lowest BCUT2D eigenvalue weighted by Crippen LogP contribution is -2.38. The number of carbonyl (C=O) groups excluding carboxylic acids is 2. The molecule has 2 amide bonds. The van der Waals surface area contributed by atoms with Crippen LogP contribution in [-0.4, -0.2) is 61.8 Å². The Kier molecular flexibility index (Phi) is 6.73.